The maximum Gasteiger partial charge on any atom is 0.0593 e. The minimum Gasteiger partial charge on any atom is -0.379 e. The van der Waals surface area contributed by atoms with Crippen LogP contribution in [0.2, 0.25) is 0 Å². The van der Waals surface area contributed by atoms with Crippen LogP contribution in [-0.4, -0.2) is 49.0 Å². The van der Waals surface area contributed by atoms with E-state index >= 15 is 0 Å². The summed E-state index contributed by atoms with van der Waals surface area (Å²) in [5.41, 5.74) is 1.14. The van der Waals surface area contributed by atoms with Crippen molar-refractivity contribution in [3.8, 4) is 0 Å². The molecule has 0 saturated heterocycles. The van der Waals surface area contributed by atoms with E-state index in [0.29, 0.717) is 0 Å². The summed E-state index contributed by atoms with van der Waals surface area (Å²) in [4.78, 5) is 6.55. The number of hydrogen-bond donors (Lipinski definition) is 1. The molecule has 0 N–H and O–H groups in total. The second-order valence-electron chi connectivity index (χ2n) is 3.71. The van der Waals surface area contributed by atoms with Crippen molar-refractivity contribution in [3.63, 3.8) is 0 Å². The van der Waals surface area contributed by atoms with Gasteiger partial charge >= 0.3 is 0 Å². The van der Waals surface area contributed by atoms with Crippen molar-refractivity contribution in [2.24, 2.45) is 0 Å². The Bertz CT molecular complexity index is 269. The highest BCUT2D eigenvalue weighted by Gasteiger charge is 1.99. The standard InChI is InChI=1S/C12H20N2OS/c1-14(8-9-15-10-11-16)7-5-12-4-2-3-6-13-12/h2-4,6,16H,5,7-11H2,1H3. The van der Waals surface area contributed by atoms with E-state index in [2.05, 4.69) is 35.6 Å². The summed E-state index contributed by atoms with van der Waals surface area (Å²) in [6.45, 7) is 3.48. The van der Waals surface area contributed by atoms with Gasteiger partial charge in [-0.2, -0.15) is 12.6 Å². The summed E-state index contributed by atoms with van der Waals surface area (Å²) in [6.07, 6.45) is 2.83. The lowest BCUT2D eigenvalue weighted by atomic mass is 10.2. The van der Waals surface area contributed by atoms with Gasteiger partial charge in [-0.1, -0.05) is 6.07 Å². The first-order chi connectivity index (χ1) is 7.83. The van der Waals surface area contributed by atoms with Crippen molar-refractivity contribution in [1.82, 2.24) is 9.88 Å². The Balaban J connectivity index is 2.08. The van der Waals surface area contributed by atoms with Crippen molar-refractivity contribution in [2.45, 2.75) is 6.42 Å². The van der Waals surface area contributed by atoms with Crippen LogP contribution in [0.4, 0.5) is 0 Å². The predicted octanol–water partition coefficient (Wildman–Crippen LogP) is 1.50. The fraction of sp³-hybridized carbons (Fsp3) is 0.583. The van der Waals surface area contributed by atoms with Gasteiger partial charge in [0.1, 0.15) is 0 Å². The number of likely N-dealkylation sites (N-methyl/N-ethyl adjacent to an activating group) is 1. The second-order valence-corrected chi connectivity index (χ2v) is 4.16. The molecule has 16 heavy (non-hydrogen) atoms. The predicted molar refractivity (Wildman–Crippen MR) is 70.1 cm³/mol. The number of thiol groups is 1. The van der Waals surface area contributed by atoms with E-state index in [4.69, 9.17) is 4.74 Å². The molecule has 0 amide bonds. The molecule has 1 heterocycles. The third kappa shape index (κ3) is 6.10. The Morgan fingerprint density at radius 3 is 2.88 bits per heavy atom. The molecule has 1 rings (SSSR count). The largest absolute Gasteiger partial charge is 0.379 e. The molecule has 0 aromatic carbocycles. The van der Waals surface area contributed by atoms with Gasteiger partial charge in [0.05, 0.1) is 13.2 Å². The average Bonchev–Trinajstić information content (AvgIpc) is 2.33. The zero-order valence-corrected chi connectivity index (χ0v) is 10.7. The number of ether oxygens (including phenoxy) is 1. The highest BCUT2D eigenvalue weighted by Crippen LogP contribution is 1.96. The van der Waals surface area contributed by atoms with Gasteiger partial charge < -0.3 is 9.64 Å². The molecule has 0 aliphatic heterocycles. The molecule has 3 nitrogen and oxygen atoms in total. The first-order valence-corrected chi connectivity index (χ1v) is 6.23. The molecule has 0 aliphatic carbocycles. The summed E-state index contributed by atoms with van der Waals surface area (Å²) in [5.74, 6) is 0.789. The molecule has 0 fully saturated rings. The molecular weight excluding hydrogens is 220 g/mol. The Morgan fingerprint density at radius 1 is 1.31 bits per heavy atom. The lowest BCUT2D eigenvalue weighted by Crippen LogP contribution is -2.26. The summed E-state index contributed by atoms with van der Waals surface area (Å²) in [6, 6.07) is 6.03. The number of aromatic nitrogens is 1. The van der Waals surface area contributed by atoms with Crippen molar-refractivity contribution in [1.29, 1.82) is 0 Å². The lowest BCUT2D eigenvalue weighted by molar-refractivity contribution is 0.124. The molecule has 0 atom stereocenters. The van der Waals surface area contributed by atoms with Gasteiger partial charge in [-0.25, -0.2) is 0 Å². The number of hydrogen-bond acceptors (Lipinski definition) is 4. The SMILES string of the molecule is CN(CCOCCS)CCc1ccccn1. The van der Waals surface area contributed by atoms with Crippen LogP contribution in [0.1, 0.15) is 5.69 Å². The minimum atomic E-state index is 0.733. The molecule has 0 bridgehead atoms. The Kier molecular flexibility index (Phi) is 7.21. The van der Waals surface area contributed by atoms with Crippen LogP contribution < -0.4 is 0 Å². The molecule has 1 aromatic rings. The maximum absolute atomic E-state index is 5.37. The fourth-order valence-corrected chi connectivity index (χ4v) is 1.48. The fourth-order valence-electron chi connectivity index (χ4n) is 1.35. The van der Waals surface area contributed by atoms with Crippen molar-refractivity contribution < 1.29 is 4.74 Å². The summed E-state index contributed by atoms with van der Waals surface area (Å²) >= 11 is 4.09. The molecule has 1 aromatic heterocycles. The maximum atomic E-state index is 5.37. The van der Waals surface area contributed by atoms with Gasteiger partial charge in [-0.15, -0.1) is 0 Å². The van der Waals surface area contributed by atoms with E-state index in [1.54, 1.807) is 0 Å². The van der Waals surface area contributed by atoms with E-state index in [1.165, 1.54) is 0 Å². The molecular formula is C12H20N2OS. The first kappa shape index (κ1) is 13.5. The van der Waals surface area contributed by atoms with Gasteiger partial charge in [0.2, 0.25) is 0 Å². The van der Waals surface area contributed by atoms with E-state index in [1.807, 2.05) is 18.3 Å². The van der Waals surface area contributed by atoms with E-state index in [9.17, 15) is 0 Å². The van der Waals surface area contributed by atoms with Crippen LogP contribution in [0.25, 0.3) is 0 Å². The first-order valence-electron chi connectivity index (χ1n) is 5.60. The number of rotatable bonds is 8. The molecule has 0 spiro atoms. The third-order valence-corrected chi connectivity index (χ3v) is 2.51. The molecule has 90 valence electrons. The molecule has 0 saturated carbocycles. The van der Waals surface area contributed by atoms with Crippen LogP contribution in [0.5, 0.6) is 0 Å². The summed E-state index contributed by atoms with van der Waals surface area (Å²) in [5, 5.41) is 0. The number of pyridine rings is 1. The van der Waals surface area contributed by atoms with Gasteiger partial charge in [-0.05, 0) is 19.2 Å². The quantitative estimate of drug-likeness (QED) is 0.551. The van der Waals surface area contributed by atoms with E-state index in [0.717, 1.165) is 44.2 Å². The topological polar surface area (TPSA) is 25.4 Å². The zero-order chi connectivity index (χ0) is 11.6. The number of nitrogens with zero attached hydrogens (tertiary/aromatic N) is 2. The smallest absolute Gasteiger partial charge is 0.0593 e. The lowest BCUT2D eigenvalue weighted by Gasteiger charge is -2.15. The Hall–Kier alpha value is -0.580. The Morgan fingerprint density at radius 2 is 2.19 bits per heavy atom. The molecule has 4 heteroatoms. The third-order valence-electron chi connectivity index (χ3n) is 2.33. The summed E-state index contributed by atoms with van der Waals surface area (Å²) in [7, 11) is 2.10. The Labute approximate surface area is 103 Å². The van der Waals surface area contributed by atoms with Crippen molar-refractivity contribution >= 4 is 12.6 Å². The molecule has 0 unspecified atom stereocenters. The van der Waals surface area contributed by atoms with Gasteiger partial charge in [0.25, 0.3) is 0 Å². The van der Waals surface area contributed by atoms with Crippen LogP contribution in [-0.2, 0) is 11.2 Å². The minimum absolute atomic E-state index is 0.733. The normalized spacial score (nSPS) is 10.9. The van der Waals surface area contributed by atoms with Crippen molar-refractivity contribution in [2.75, 3.05) is 39.1 Å². The van der Waals surface area contributed by atoms with Gasteiger partial charge in [0, 0.05) is 37.2 Å². The van der Waals surface area contributed by atoms with E-state index < -0.39 is 0 Å². The van der Waals surface area contributed by atoms with Crippen LogP contribution in [0, 0.1) is 0 Å². The summed E-state index contributed by atoms with van der Waals surface area (Å²) < 4.78 is 5.37. The average molecular weight is 240 g/mol. The zero-order valence-electron chi connectivity index (χ0n) is 9.80. The van der Waals surface area contributed by atoms with Gasteiger partial charge in [-0.3, -0.25) is 4.98 Å². The van der Waals surface area contributed by atoms with E-state index in [-0.39, 0.29) is 0 Å². The highest BCUT2D eigenvalue weighted by molar-refractivity contribution is 7.80. The van der Waals surface area contributed by atoms with Crippen LogP contribution in [0.15, 0.2) is 24.4 Å². The van der Waals surface area contributed by atoms with Crippen molar-refractivity contribution in [3.05, 3.63) is 30.1 Å². The monoisotopic (exact) mass is 240 g/mol. The van der Waals surface area contributed by atoms with Crippen LogP contribution in [0.3, 0.4) is 0 Å². The highest BCUT2D eigenvalue weighted by atomic mass is 32.1. The van der Waals surface area contributed by atoms with Crippen LogP contribution >= 0.6 is 12.6 Å². The second kappa shape index (κ2) is 8.56. The molecule has 0 aliphatic rings. The molecule has 0 radical (unpaired) electrons. The van der Waals surface area contributed by atoms with Gasteiger partial charge in [0.15, 0.2) is 0 Å².